The van der Waals surface area contributed by atoms with Crippen molar-refractivity contribution in [2.24, 2.45) is 5.73 Å². The largest absolute Gasteiger partial charge is 0.364 e. The van der Waals surface area contributed by atoms with Crippen LogP contribution in [0, 0.1) is 0 Å². The zero-order valence-electron chi connectivity index (χ0n) is 6.24. The Morgan fingerprint density at radius 3 is 2.83 bits per heavy atom. The second-order valence-corrected chi connectivity index (χ2v) is 3.09. The number of nitrogens with two attached hydrogens (primary N) is 1. The fourth-order valence-corrected chi connectivity index (χ4v) is 1.27. The maximum absolute atomic E-state index is 10.7. The van der Waals surface area contributed by atoms with Crippen molar-refractivity contribution in [3.8, 4) is 0 Å². The molecule has 1 aromatic rings. The van der Waals surface area contributed by atoms with Crippen LogP contribution in [0.4, 0.5) is 0 Å². The monoisotopic (exact) mass is 203 g/mol. The van der Waals surface area contributed by atoms with Gasteiger partial charge in [-0.15, -0.1) is 11.8 Å². The second-order valence-electron chi connectivity index (χ2n) is 1.93. The Morgan fingerprint density at radius 1 is 1.67 bits per heavy atom. The van der Waals surface area contributed by atoms with E-state index in [1.54, 1.807) is 0 Å². The highest BCUT2D eigenvalue weighted by Crippen LogP contribution is 2.14. The first-order valence-corrected chi connectivity index (χ1v) is 4.62. The minimum Gasteiger partial charge on any atom is -0.364 e. The van der Waals surface area contributed by atoms with Crippen LogP contribution in [0.5, 0.6) is 0 Å². The molecule has 1 heterocycles. The maximum atomic E-state index is 10.7. The first-order valence-electron chi connectivity index (χ1n) is 3.02. The van der Waals surface area contributed by atoms with Crippen LogP contribution in [0.15, 0.2) is 11.1 Å². The highest BCUT2D eigenvalue weighted by molar-refractivity contribution is 7.98. The van der Waals surface area contributed by atoms with Gasteiger partial charge in [0.1, 0.15) is 10.7 Å². The van der Waals surface area contributed by atoms with Gasteiger partial charge in [-0.3, -0.25) is 4.79 Å². The van der Waals surface area contributed by atoms with E-state index in [1.807, 2.05) is 6.26 Å². The molecular formula is C6H6ClN3OS. The van der Waals surface area contributed by atoms with E-state index < -0.39 is 5.91 Å². The Kier molecular flexibility index (Phi) is 2.88. The van der Waals surface area contributed by atoms with Gasteiger partial charge in [0.25, 0.3) is 5.91 Å². The molecule has 64 valence electrons. The van der Waals surface area contributed by atoms with Crippen LogP contribution in [0.1, 0.15) is 10.5 Å². The van der Waals surface area contributed by atoms with Crippen LogP contribution in [0.3, 0.4) is 0 Å². The summed E-state index contributed by atoms with van der Waals surface area (Å²) in [5, 5.41) is 0.666. The lowest BCUT2D eigenvalue weighted by Gasteiger charge is -1.98. The summed E-state index contributed by atoms with van der Waals surface area (Å²) >= 11 is 6.90. The van der Waals surface area contributed by atoms with Crippen molar-refractivity contribution in [1.29, 1.82) is 0 Å². The molecule has 0 aromatic carbocycles. The highest BCUT2D eigenvalue weighted by Gasteiger charge is 2.06. The molecule has 0 spiro atoms. The minimum absolute atomic E-state index is 0.0376. The van der Waals surface area contributed by atoms with E-state index in [4.69, 9.17) is 17.3 Å². The van der Waals surface area contributed by atoms with E-state index in [9.17, 15) is 4.79 Å². The Hall–Kier alpha value is -0.810. The molecule has 0 aliphatic heterocycles. The van der Waals surface area contributed by atoms with E-state index in [2.05, 4.69) is 9.97 Å². The molecule has 0 atom stereocenters. The summed E-state index contributed by atoms with van der Waals surface area (Å²) in [5.41, 5.74) is 5.15. The molecule has 6 heteroatoms. The molecule has 0 radical (unpaired) electrons. The van der Waals surface area contributed by atoms with Gasteiger partial charge in [-0.25, -0.2) is 9.97 Å². The van der Waals surface area contributed by atoms with Gasteiger partial charge in [0.15, 0.2) is 0 Å². The highest BCUT2D eigenvalue weighted by atomic mass is 35.5. The number of nitrogens with zero attached hydrogens (tertiary/aromatic N) is 2. The summed E-state index contributed by atoms with van der Waals surface area (Å²) in [6.45, 7) is 0. The predicted octanol–water partition coefficient (Wildman–Crippen LogP) is 0.951. The van der Waals surface area contributed by atoms with Crippen LogP contribution in [-0.4, -0.2) is 22.1 Å². The number of hydrogen-bond acceptors (Lipinski definition) is 4. The zero-order chi connectivity index (χ0) is 9.14. The van der Waals surface area contributed by atoms with Crippen molar-refractivity contribution in [1.82, 2.24) is 9.97 Å². The van der Waals surface area contributed by atoms with E-state index in [0.717, 1.165) is 0 Å². The third-order valence-corrected chi connectivity index (χ3v) is 1.93. The first kappa shape index (κ1) is 9.28. The molecule has 1 aromatic heterocycles. The van der Waals surface area contributed by atoms with Gasteiger partial charge in [-0.05, 0) is 17.9 Å². The molecule has 0 unspecified atom stereocenters. The molecule has 0 fully saturated rings. The first-order chi connectivity index (χ1) is 5.63. The molecule has 0 aliphatic rings. The summed E-state index contributed by atoms with van der Waals surface area (Å²) in [4.78, 5) is 18.2. The van der Waals surface area contributed by atoms with Crippen molar-refractivity contribution in [3.63, 3.8) is 0 Å². The van der Waals surface area contributed by atoms with Crippen molar-refractivity contribution < 1.29 is 4.79 Å². The summed E-state index contributed by atoms with van der Waals surface area (Å²) in [6, 6.07) is 1.50. The van der Waals surface area contributed by atoms with Gasteiger partial charge >= 0.3 is 0 Å². The summed E-state index contributed by atoms with van der Waals surface area (Å²) in [6.07, 6.45) is 1.82. The lowest BCUT2D eigenvalue weighted by molar-refractivity contribution is 0.0995. The molecule has 1 amide bonds. The number of primary amides is 1. The lowest BCUT2D eigenvalue weighted by Crippen LogP contribution is -2.13. The molecule has 0 saturated heterocycles. The van der Waals surface area contributed by atoms with Gasteiger partial charge in [0.2, 0.25) is 5.28 Å². The fourth-order valence-electron chi connectivity index (χ4n) is 0.628. The summed E-state index contributed by atoms with van der Waals surface area (Å²) < 4.78 is 0. The van der Waals surface area contributed by atoms with Gasteiger partial charge in [0, 0.05) is 6.07 Å². The SMILES string of the molecule is CSc1cc(C(N)=O)nc(Cl)n1. The molecule has 0 bridgehead atoms. The molecule has 1 rings (SSSR count). The molecule has 0 aliphatic carbocycles. The second kappa shape index (κ2) is 3.73. The average molecular weight is 204 g/mol. The Labute approximate surface area is 78.5 Å². The number of rotatable bonds is 2. The molecular weight excluding hydrogens is 198 g/mol. The lowest BCUT2D eigenvalue weighted by atomic mass is 10.4. The smallest absolute Gasteiger partial charge is 0.267 e. The summed E-state index contributed by atoms with van der Waals surface area (Å²) in [5.74, 6) is -0.602. The standard InChI is InChI=1S/C6H6ClN3OS/c1-12-4-2-3(5(8)11)9-6(7)10-4/h2H,1H3,(H2,8,11). The topological polar surface area (TPSA) is 68.9 Å². The van der Waals surface area contributed by atoms with E-state index >= 15 is 0 Å². The predicted molar refractivity (Wildman–Crippen MR) is 47.3 cm³/mol. The normalized spacial score (nSPS) is 9.83. The fraction of sp³-hybridized carbons (Fsp3) is 0.167. The summed E-state index contributed by atoms with van der Waals surface area (Å²) in [7, 11) is 0. The van der Waals surface area contributed by atoms with Crippen molar-refractivity contribution >= 4 is 29.3 Å². The minimum atomic E-state index is -0.602. The number of hydrogen-bond donors (Lipinski definition) is 1. The average Bonchev–Trinajstić information content (AvgIpc) is 2.03. The molecule has 4 nitrogen and oxygen atoms in total. The Bertz CT molecular complexity index is 318. The van der Waals surface area contributed by atoms with Crippen LogP contribution in [-0.2, 0) is 0 Å². The van der Waals surface area contributed by atoms with Crippen LogP contribution < -0.4 is 5.73 Å². The number of carbonyl (C=O) groups is 1. The van der Waals surface area contributed by atoms with Gasteiger partial charge in [-0.2, -0.15) is 0 Å². The zero-order valence-corrected chi connectivity index (χ0v) is 7.82. The van der Waals surface area contributed by atoms with E-state index in [1.165, 1.54) is 17.8 Å². The van der Waals surface area contributed by atoms with Gasteiger partial charge in [-0.1, -0.05) is 0 Å². The number of amides is 1. The van der Waals surface area contributed by atoms with E-state index in [0.29, 0.717) is 5.03 Å². The number of aromatic nitrogens is 2. The number of carbonyl (C=O) groups excluding carboxylic acids is 1. The number of thioether (sulfide) groups is 1. The van der Waals surface area contributed by atoms with Gasteiger partial charge < -0.3 is 5.73 Å². The van der Waals surface area contributed by atoms with Crippen LogP contribution >= 0.6 is 23.4 Å². The Morgan fingerprint density at radius 2 is 2.33 bits per heavy atom. The third kappa shape index (κ3) is 2.09. The molecule has 0 saturated carbocycles. The third-order valence-electron chi connectivity index (χ3n) is 1.14. The van der Waals surface area contributed by atoms with Crippen molar-refractivity contribution in [2.45, 2.75) is 5.03 Å². The van der Waals surface area contributed by atoms with Crippen LogP contribution in [0.2, 0.25) is 5.28 Å². The number of halogens is 1. The Balaban J connectivity index is 3.15. The quantitative estimate of drug-likeness (QED) is 0.442. The van der Waals surface area contributed by atoms with Gasteiger partial charge in [0.05, 0.1) is 0 Å². The van der Waals surface area contributed by atoms with Crippen molar-refractivity contribution in [2.75, 3.05) is 6.26 Å². The van der Waals surface area contributed by atoms with Crippen molar-refractivity contribution in [3.05, 3.63) is 17.0 Å². The molecule has 2 N–H and O–H groups in total. The maximum Gasteiger partial charge on any atom is 0.267 e. The van der Waals surface area contributed by atoms with Crippen LogP contribution in [0.25, 0.3) is 0 Å². The molecule has 12 heavy (non-hydrogen) atoms. The van der Waals surface area contributed by atoms with E-state index in [-0.39, 0.29) is 11.0 Å².